The SMILES string of the molecule is CCOC(=O)CNS(=O)(=O)c1cnc(Cl)nc1. The number of carbonyl (C=O) groups excluding carboxylic acids is 1. The molecular weight excluding hydrogens is 270 g/mol. The van der Waals surface area contributed by atoms with Crippen molar-refractivity contribution in [2.45, 2.75) is 11.8 Å². The second-order valence-electron chi connectivity index (χ2n) is 2.82. The summed E-state index contributed by atoms with van der Waals surface area (Å²) in [4.78, 5) is 17.9. The van der Waals surface area contributed by atoms with Gasteiger partial charge in [-0.25, -0.2) is 18.4 Å². The molecule has 1 heterocycles. The molecule has 9 heteroatoms. The molecule has 17 heavy (non-hydrogen) atoms. The van der Waals surface area contributed by atoms with E-state index >= 15 is 0 Å². The van der Waals surface area contributed by atoms with Crippen LogP contribution in [0.5, 0.6) is 0 Å². The Labute approximate surface area is 103 Å². The van der Waals surface area contributed by atoms with Crippen LogP contribution in [0.25, 0.3) is 0 Å². The summed E-state index contributed by atoms with van der Waals surface area (Å²) in [5, 5.41) is -0.0608. The molecule has 0 bridgehead atoms. The predicted octanol–water partition coefficient (Wildman–Crippen LogP) is -0.0286. The third kappa shape index (κ3) is 4.25. The monoisotopic (exact) mass is 279 g/mol. The average Bonchev–Trinajstić information content (AvgIpc) is 2.28. The van der Waals surface area contributed by atoms with Crippen LogP contribution >= 0.6 is 11.6 Å². The number of hydrogen-bond donors (Lipinski definition) is 1. The van der Waals surface area contributed by atoms with Gasteiger partial charge in [0, 0.05) is 0 Å². The minimum absolute atomic E-state index is 0.0608. The molecule has 1 aromatic heterocycles. The van der Waals surface area contributed by atoms with E-state index in [1.165, 1.54) is 0 Å². The number of carbonyl (C=O) groups is 1. The van der Waals surface area contributed by atoms with Gasteiger partial charge < -0.3 is 4.74 Å². The quantitative estimate of drug-likeness (QED) is 0.600. The summed E-state index contributed by atoms with van der Waals surface area (Å²) < 4.78 is 29.8. The van der Waals surface area contributed by atoms with Crippen LogP contribution in [0.2, 0.25) is 5.28 Å². The molecule has 0 unspecified atom stereocenters. The number of aromatic nitrogens is 2. The summed E-state index contributed by atoms with van der Waals surface area (Å²) in [6, 6.07) is 0. The third-order valence-corrected chi connectivity index (χ3v) is 3.17. The standard InChI is InChI=1S/C8H10ClN3O4S/c1-2-16-7(13)5-12-17(14,15)6-3-10-8(9)11-4-6/h3-4,12H,2,5H2,1H3. The lowest BCUT2D eigenvalue weighted by Crippen LogP contribution is -2.30. The molecule has 0 saturated carbocycles. The molecule has 0 atom stereocenters. The lowest BCUT2D eigenvalue weighted by molar-refractivity contribution is -0.141. The van der Waals surface area contributed by atoms with Gasteiger partial charge in [0.1, 0.15) is 11.4 Å². The molecule has 0 saturated heterocycles. The Balaban J connectivity index is 2.69. The average molecular weight is 280 g/mol. The van der Waals surface area contributed by atoms with Crippen molar-refractivity contribution in [3.05, 3.63) is 17.7 Å². The first-order chi connectivity index (χ1) is 7.95. The number of ether oxygens (including phenoxy) is 1. The molecule has 94 valence electrons. The highest BCUT2D eigenvalue weighted by molar-refractivity contribution is 7.89. The number of rotatable bonds is 5. The van der Waals surface area contributed by atoms with Crippen LogP contribution < -0.4 is 4.72 Å². The van der Waals surface area contributed by atoms with Crippen molar-refractivity contribution in [1.29, 1.82) is 0 Å². The third-order valence-electron chi connectivity index (χ3n) is 1.62. The number of hydrogen-bond acceptors (Lipinski definition) is 6. The van der Waals surface area contributed by atoms with Crippen molar-refractivity contribution in [3.63, 3.8) is 0 Å². The molecule has 7 nitrogen and oxygen atoms in total. The highest BCUT2D eigenvalue weighted by Crippen LogP contribution is 2.06. The fourth-order valence-electron chi connectivity index (χ4n) is 0.888. The zero-order valence-corrected chi connectivity index (χ0v) is 10.5. The number of esters is 1. The Morgan fingerprint density at radius 1 is 1.47 bits per heavy atom. The molecule has 0 spiro atoms. The Morgan fingerprint density at radius 3 is 2.59 bits per heavy atom. The maximum Gasteiger partial charge on any atom is 0.321 e. The van der Waals surface area contributed by atoms with E-state index in [-0.39, 0.29) is 16.8 Å². The second-order valence-corrected chi connectivity index (χ2v) is 4.92. The van der Waals surface area contributed by atoms with Crippen molar-refractivity contribution >= 4 is 27.6 Å². The Kier molecular flexibility index (Phi) is 4.79. The summed E-state index contributed by atoms with van der Waals surface area (Å²) in [7, 11) is -3.82. The highest BCUT2D eigenvalue weighted by Gasteiger charge is 2.16. The molecule has 0 amide bonds. The van der Waals surface area contributed by atoms with Crippen LogP contribution in [0.3, 0.4) is 0 Å². The van der Waals surface area contributed by atoms with Crippen molar-refractivity contribution in [2.24, 2.45) is 0 Å². The van der Waals surface area contributed by atoms with Gasteiger partial charge in [-0.15, -0.1) is 0 Å². The zero-order valence-electron chi connectivity index (χ0n) is 8.88. The summed E-state index contributed by atoms with van der Waals surface area (Å²) >= 11 is 5.42. The maximum atomic E-state index is 11.6. The largest absolute Gasteiger partial charge is 0.465 e. The van der Waals surface area contributed by atoms with Gasteiger partial charge in [-0.2, -0.15) is 4.72 Å². The summed E-state index contributed by atoms with van der Waals surface area (Å²) in [6.45, 7) is 1.36. The molecule has 0 aliphatic carbocycles. The number of sulfonamides is 1. The predicted molar refractivity (Wildman–Crippen MR) is 58.9 cm³/mol. The van der Waals surface area contributed by atoms with E-state index in [1.54, 1.807) is 6.92 Å². The molecule has 1 aromatic rings. The first-order valence-electron chi connectivity index (χ1n) is 4.58. The van der Waals surface area contributed by atoms with Gasteiger partial charge in [0.15, 0.2) is 0 Å². The van der Waals surface area contributed by atoms with E-state index in [9.17, 15) is 13.2 Å². The van der Waals surface area contributed by atoms with E-state index in [0.29, 0.717) is 0 Å². The topological polar surface area (TPSA) is 98.2 Å². The summed E-state index contributed by atoms with van der Waals surface area (Å²) in [6.07, 6.45) is 2.09. The van der Waals surface area contributed by atoms with Gasteiger partial charge in [-0.05, 0) is 18.5 Å². The van der Waals surface area contributed by atoms with Crippen molar-refractivity contribution in [3.8, 4) is 0 Å². The van der Waals surface area contributed by atoms with Gasteiger partial charge in [0.05, 0.1) is 19.0 Å². The minimum Gasteiger partial charge on any atom is -0.465 e. The first-order valence-corrected chi connectivity index (χ1v) is 6.44. The fourth-order valence-corrected chi connectivity index (χ4v) is 1.84. The number of nitrogens with one attached hydrogen (secondary N) is 1. The van der Waals surface area contributed by atoms with Gasteiger partial charge in [0.2, 0.25) is 15.3 Å². The van der Waals surface area contributed by atoms with Crippen molar-refractivity contribution in [2.75, 3.05) is 13.2 Å². The highest BCUT2D eigenvalue weighted by atomic mass is 35.5. The van der Waals surface area contributed by atoms with E-state index in [1.807, 2.05) is 0 Å². The Bertz CT molecular complexity index is 488. The summed E-state index contributed by atoms with van der Waals surface area (Å²) in [5.74, 6) is -0.661. The summed E-state index contributed by atoms with van der Waals surface area (Å²) in [5.41, 5.74) is 0. The van der Waals surface area contributed by atoms with E-state index in [0.717, 1.165) is 12.4 Å². The molecule has 0 aromatic carbocycles. The van der Waals surface area contributed by atoms with Gasteiger partial charge >= 0.3 is 5.97 Å². The number of halogens is 1. The zero-order chi connectivity index (χ0) is 12.9. The first kappa shape index (κ1) is 13.8. The smallest absolute Gasteiger partial charge is 0.321 e. The molecule has 0 aliphatic rings. The molecule has 0 fully saturated rings. The van der Waals surface area contributed by atoms with E-state index < -0.39 is 22.5 Å². The molecule has 0 aliphatic heterocycles. The molecular formula is C8H10ClN3O4S. The van der Waals surface area contributed by atoms with E-state index in [4.69, 9.17) is 11.6 Å². The van der Waals surface area contributed by atoms with Crippen molar-refractivity contribution < 1.29 is 17.9 Å². The van der Waals surface area contributed by atoms with Crippen LogP contribution in [-0.4, -0.2) is 37.5 Å². The maximum absolute atomic E-state index is 11.6. The minimum atomic E-state index is -3.82. The van der Waals surface area contributed by atoms with Crippen LogP contribution in [0.1, 0.15) is 6.92 Å². The van der Waals surface area contributed by atoms with Crippen LogP contribution in [0, 0.1) is 0 Å². The van der Waals surface area contributed by atoms with Gasteiger partial charge in [-0.3, -0.25) is 4.79 Å². The molecule has 1 N–H and O–H groups in total. The van der Waals surface area contributed by atoms with E-state index in [2.05, 4.69) is 19.4 Å². The molecule has 0 radical (unpaired) electrons. The Hall–Kier alpha value is -1.25. The van der Waals surface area contributed by atoms with Crippen LogP contribution in [-0.2, 0) is 19.6 Å². The van der Waals surface area contributed by atoms with Gasteiger partial charge in [0.25, 0.3) is 0 Å². The number of nitrogens with zero attached hydrogens (tertiary/aromatic N) is 2. The van der Waals surface area contributed by atoms with Crippen LogP contribution in [0.15, 0.2) is 17.3 Å². The van der Waals surface area contributed by atoms with Crippen LogP contribution in [0.4, 0.5) is 0 Å². The second kappa shape index (κ2) is 5.89. The lowest BCUT2D eigenvalue weighted by atomic mass is 10.7. The normalized spacial score (nSPS) is 11.2. The fraction of sp³-hybridized carbons (Fsp3) is 0.375. The Morgan fingerprint density at radius 2 is 2.06 bits per heavy atom. The lowest BCUT2D eigenvalue weighted by Gasteiger charge is -2.05. The van der Waals surface area contributed by atoms with Gasteiger partial charge in [-0.1, -0.05) is 0 Å². The van der Waals surface area contributed by atoms with Crippen molar-refractivity contribution in [1.82, 2.24) is 14.7 Å². The molecule has 1 rings (SSSR count).